The molecule has 2 aliphatic heterocycles. The minimum Gasteiger partial charge on any atom is -0.339 e. The van der Waals surface area contributed by atoms with E-state index in [-0.39, 0.29) is 23.1 Å². The Balaban J connectivity index is 1.24. The maximum atomic E-state index is 13.9. The van der Waals surface area contributed by atoms with Crippen molar-refractivity contribution >= 4 is 5.91 Å². The zero-order chi connectivity index (χ0) is 20.0. The van der Waals surface area contributed by atoms with Crippen LogP contribution < -0.4 is 0 Å². The summed E-state index contributed by atoms with van der Waals surface area (Å²) in [6.45, 7) is 2.19. The third-order valence-electron chi connectivity index (χ3n) is 7.03. The van der Waals surface area contributed by atoms with Crippen molar-refractivity contribution in [2.75, 3.05) is 26.7 Å². The lowest BCUT2D eigenvalue weighted by Crippen LogP contribution is -2.44. The molecule has 154 valence electrons. The first-order chi connectivity index (χ1) is 14.0. The summed E-state index contributed by atoms with van der Waals surface area (Å²) in [4.78, 5) is 25.3. The van der Waals surface area contributed by atoms with Crippen LogP contribution in [-0.4, -0.2) is 57.5 Å². The Morgan fingerprint density at radius 2 is 2.10 bits per heavy atom. The van der Waals surface area contributed by atoms with E-state index in [1.165, 1.54) is 24.8 Å². The summed E-state index contributed by atoms with van der Waals surface area (Å²) in [5.41, 5.74) is 0.0519. The molecule has 1 amide bonds. The van der Waals surface area contributed by atoms with Crippen molar-refractivity contribution in [3.05, 3.63) is 41.6 Å². The monoisotopic (exact) mass is 399 g/mol. The molecule has 1 saturated carbocycles. The number of nitrogens with zero attached hydrogens (tertiary/aromatic N) is 5. The van der Waals surface area contributed by atoms with Gasteiger partial charge in [-0.3, -0.25) is 9.69 Å². The lowest BCUT2D eigenvalue weighted by atomic mass is 9.76. The second-order valence-corrected chi connectivity index (χ2v) is 8.88. The van der Waals surface area contributed by atoms with Crippen LogP contribution in [0.15, 0.2) is 22.9 Å². The number of piperidine rings is 1. The molecule has 4 heterocycles. The third kappa shape index (κ3) is 3.33. The van der Waals surface area contributed by atoms with Gasteiger partial charge in [-0.1, -0.05) is 11.6 Å². The van der Waals surface area contributed by atoms with Crippen molar-refractivity contribution in [3.8, 4) is 0 Å². The SMILES string of the molecule is CN1CC2(CCN(C(=O)c3ncccc3F)CC2)CC1c1noc(C2CCC2)n1. The van der Waals surface area contributed by atoms with Gasteiger partial charge in [0.2, 0.25) is 5.89 Å². The molecule has 0 aromatic carbocycles. The fraction of sp³-hybridized carbons (Fsp3) is 0.619. The van der Waals surface area contributed by atoms with E-state index in [1.54, 1.807) is 4.90 Å². The fourth-order valence-corrected chi connectivity index (χ4v) is 5.00. The second-order valence-electron chi connectivity index (χ2n) is 8.88. The summed E-state index contributed by atoms with van der Waals surface area (Å²) in [5.74, 6) is 1.15. The molecule has 8 heteroatoms. The first-order valence-corrected chi connectivity index (χ1v) is 10.5. The summed E-state index contributed by atoms with van der Waals surface area (Å²) in [5, 5.41) is 4.28. The largest absolute Gasteiger partial charge is 0.339 e. The molecule has 1 aliphatic carbocycles. The van der Waals surface area contributed by atoms with Crippen LogP contribution in [0.4, 0.5) is 4.39 Å². The quantitative estimate of drug-likeness (QED) is 0.789. The Hall–Kier alpha value is -2.35. The smallest absolute Gasteiger partial charge is 0.275 e. The number of amides is 1. The predicted molar refractivity (Wildman–Crippen MR) is 103 cm³/mol. The Morgan fingerprint density at radius 3 is 2.79 bits per heavy atom. The molecule has 1 atom stereocenters. The Kier molecular flexibility index (Phi) is 4.61. The average molecular weight is 399 g/mol. The van der Waals surface area contributed by atoms with Crippen molar-refractivity contribution in [1.29, 1.82) is 0 Å². The van der Waals surface area contributed by atoms with E-state index in [2.05, 4.69) is 22.1 Å². The summed E-state index contributed by atoms with van der Waals surface area (Å²) in [6, 6.07) is 2.94. The van der Waals surface area contributed by atoms with Crippen LogP contribution in [0.1, 0.15) is 72.7 Å². The molecule has 2 saturated heterocycles. The van der Waals surface area contributed by atoms with E-state index >= 15 is 0 Å². The first-order valence-electron chi connectivity index (χ1n) is 10.5. The van der Waals surface area contributed by atoms with E-state index in [0.717, 1.165) is 50.4 Å². The number of aromatic nitrogens is 3. The van der Waals surface area contributed by atoms with E-state index < -0.39 is 5.82 Å². The van der Waals surface area contributed by atoms with Crippen molar-refractivity contribution in [1.82, 2.24) is 24.9 Å². The molecular formula is C21H26FN5O2. The third-order valence-corrected chi connectivity index (χ3v) is 7.03. The van der Waals surface area contributed by atoms with E-state index in [4.69, 9.17) is 9.51 Å². The van der Waals surface area contributed by atoms with E-state index in [9.17, 15) is 9.18 Å². The molecule has 0 radical (unpaired) electrons. The predicted octanol–water partition coefficient (Wildman–Crippen LogP) is 3.17. The number of pyridine rings is 1. The van der Waals surface area contributed by atoms with E-state index in [1.807, 2.05) is 0 Å². The van der Waals surface area contributed by atoms with Gasteiger partial charge in [-0.25, -0.2) is 9.37 Å². The molecular weight excluding hydrogens is 373 g/mol. The van der Waals surface area contributed by atoms with Crippen molar-refractivity contribution in [2.24, 2.45) is 5.41 Å². The number of carbonyl (C=O) groups excluding carboxylic acids is 1. The maximum Gasteiger partial charge on any atom is 0.275 e. The van der Waals surface area contributed by atoms with Crippen LogP contribution in [-0.2, 0) is 0 Å². The molecule has 29 heavy (non-hydrogen) atoms. The number of likely N-dealkylation sites (tertiary alicyclic amines) is 2. The number of hydrogen-bond acceptors (Lipinski definition) is 6. The van der Waals surface area contributed by atoms with Crippen LogP contribution >= 0.6 is 0 Å². The van der Waals surface area contributed by atoms with Crippen LogP contribution in [0.5, 0.6) is 0 Å². The number of hydrogen-bond donors (Lipinski definition) is 0. The standard InChI is InChI=1S/C21H26FN5O2/c1-26-13-21(12-16(26)18-24-19(29-25-18)14-4-2-5-14)7-10-27(11-8-21)20(28)17-15(22)6-3-9-23-17/h3,6,9,14,16H,2,4-5,7-8,10-13H2,1H3. The fourth-order valence-electron chi connectivity index (χ4n) is 5.00. The summed E-state index contributed by atoms with van der Waals surface area (Å²) in [7, 11) is 2.11. The lowest BCUT2D eigenvalue weighted by molar-refractivity contribution is 0.0583. The van der Waals surface area contributed by atoms with Crippen LogP contribution in [0, 0.1) is 11.2 Å². The second kappa shape index (κ2) is 7.16. The van der Waals surface area contributed by atoms with Crippen LogP contribution in [0.3, 0.4) is 0 Å². The van der Waals surface area contributed by atoms with Gasteiger partial charge in [0.1, 0.15) is 0 Å². The van der Waals surface area contributed by atoms with Gasteiger partial charge in [-0.05, 0) is 56.7 Å². The Morgan fingerprint density at radius 1 is 1.31 bits per heavy atom. The number of rotatable bonds is 3. The molecule has 1 unspecified atom stereocenters. The van der Waals surface area contributed by atoms with E-state index in [0.29, 0.717) is 19.0 Å². The molecule has 2 aromatic rings. The topological polar surface area (TPSA) is 75.4 Å². The molecule has 3 fully saturated rings. The highest BCUT2D eigenvalue weighted by Crippen LogP contribution is 2.48. The Labute approximate surface area is 169 Å². The van der Waals surface area contributed by atoms with Gasteiger partial charge in [0.05, 0.1) is 6.04 Å². The van der Waals surface area contributed by atoms with Crippen molar-refractivity contribution in [3.63, 3.8) is 0 Å². The van der Waals surface area contributed by atoms with Gasteiger partial charge >= 0.3 is 0 Å². The van der Waals surface area contributed by atoms with Gasteiger partial charge in [0.15, 0.2) is 17.3 Å². The minimum atomic E-state index is -0.558. The Bertz CT molecular complexity index is 904. The minimum absolute atomic E-state index is 0.0832. The number of halogens is 1. The first kappa shape index (κ1) is 18.7. The highest BCUT2D eigenvalue weighted by Gasteiger charge is 2.47. The molecule has 5 rings (SSSR count). The maximum absolute atomic E-state index is 13.9. The van der Waals surface area contributed by atoms with Crippen molar-refractivity contribution in [2.45, 2.75) is 50.5 Å². The molecule has 0 bridgehead atoms. The zero-order valence-electron chi connectivity index (χ0n) is 16.7. The zero-order valence-corrected chi connectivity index (χ0v) is 16.7. The average Bonchev–Trinajstić information content (AvgIpc) is 3.26. The normalized spacial score (nSPS) is 24.8. The van der Waals surface area contributed by atoms with Crippen LogP contribution in [0.25, 0.3) is 0 Å². The van der Waals surface area contributed by atoms with Crippen molar-refractivity contribution < 1.29 is 13.7 Å². The van der Waals surface area contributed by atoms with Gasteiger partial charge in [0, 0.05) is 31.7 Å². The van der Waals surface area contributed by atoms with Crippen LogP contribution in [0.2, 0.25) is 0 Å². The number of carbonyl (C=O) groups is 1. The highest BCUT2D eigenvalue weighted by atomic mass is 19.1. The summed E-state index contributed by atoms with van der Waals surface area (Å²) < 4.78 is 19.5. The summed E-state index contributed by atoms with van der Waals surface area (Å²) in [6.07, 6.45) is 7.74. The van der Waals surface area contributed by atoms with Gasteiger partial charge in [-0.2, -0.15) is 4.98 Å². The van der Waals surface area contributed by atoms with Gasteiger partial charge in [-0.15, -0.1) is 0 Å². The molecule has 1 spiro atoms. The molecule has 7 nitrogen and oxygen atoms in total. The molecule has 3 aliphatic rings. The highest BCUT2D eigenvalue weighted by molar-refractivity contribution is 5.92. The van der Waals surface area contributed by atoms with Gasteiger partial charge in [0.25, 0.3) is 5.91 Å². The molecule has 0 N–H and O–H groups in total. The summed E-state index contributed by atoms with van der Waals surface area (Å²) >= 11 is 0. The molecule has 2 aromatic heterocycles. The lowest BCUT2D eigenvalue weighted by Gasteiger charge is -2.39. The van der Waals surface area contributed by atoms with Gasteiger partial charge < -0.3 is 9.42 Å².